The average molecular weight is 321 g/mol. The molecule has 0 aliphatic heterocycles. The Labute approximate surface area is 136 Å². The Kier molecular flexibility index (Phi) is 6.65. The van der Waals surface area contributed by atoms with Crippen LogP contribution in [0.1, 0.15) is 24.0 Å². The van der Waals surface area contributed by atoms with Gasteiger partial charge in [-0.3, -0.25) is 0 Å². The fourth-order valence-electron chi connectivity index (χ4n) is 1.92. The standard InChI is InChI=1S/C18H18Cl2O/c19-12-3-4-13-21-18-9-2-1-7-16(18)11-10-15-6-5-8-17(20)14-15/h1-2,5-11,14H,3-4,12-13H2. The first-order valence-electron chi connectivity index (χ1n) is 7.01. The van der Waals surface area contributed by atoms with Crippen molar-refractivity contribution in [2.24, 2.45) is 0 Å². The highest BCUT2D eigenvalue weighted by Gasteiger charge is 1.99. The van der Waals surface area contributed by atoms with E-state index in [1.165, 1.54) is 0 Å². The van der Waals surface area contributed by atoms with Gasteiger partial charge in [0.1, 0.15) is 5.75 Å². The van der Waals surface area contributed by atoms with E-state index < -0.39 is 0 Å². The van der Waals surface area contributed by atoms with Crippen LogP contribution in [0.3, 0.4) is 0 Å². The average Bonchev–Trinajstić information content (AvgIpc) is 2.50. The van der Waals surface area contributed by atoms with Crippen LogP contribution in [-0.2, 0) is 0 Å². The lowest BCUT2D eigenvalue weighted by Crippen LogP contribution is -1.98. The van der Waals surface area contributed by atoms with Crippen LogP contribution in [0.5, 0.6) is 5.75 Å². The molecule has 110 valence electrons. The highest BCUT2D eigenvalue weighted by molar-refractivity contribution is 6.30. The summed E-state index contributed by atoms with van der Waals surface area (Å²) in [4.78, 5) is 0. The van der Waals surface area contributed by atoms with Crippen molar-refractivity contribution in [1.82, 2.24) is 0 Å². The molecule has 0 fully saturated rings. The molecule has 0 bridgehead atoms. The van der Waals surface area contributed by atoms with Crippen LogP contribution < -0.4 is 4.74 Å². The largest absolute Gasteiger partial charge is 0.493 e. The van der Waals surface area contributed by atoms with Gasteiger partial charge >= 0.3 is 0 Å². The van der Waals surface area contributed by atoms with Crippen molar-refractivity contribution in [2.45, 2.75) is 12.8 Å². The number of halogens is 2. The Morgan fingerprint density at radius 1 is 0.952 bits per heavy atom. The van der Waals surface area contributed by atoms with Crippen molar-refractivity contribution < 1.29 is 4.74 Å². The van der Waals surface area contributed by atoms with Crippen LogP contribution in [0, 0.1) is 0 Å². The Morgan fingerprint density at radius 2 is 1.81 bits per heavy atom. The van der Waals surface area contributed by atoms with E-state index in [4.69, 9.17) is 27.9 Å². The number of hydrogen-bond acceptors (Lipinski definition) is 1. The second kappa shape index (κ2) is 8.76. The van der Waals surface area contributed by atoms with Crippen LogP contribution in [0.2, 0.25) is 5.02 Å². The first kappa shape index (κ1) is 15.9. The van der Waals surface area contributed by atoms with E-state index in [1.54, 1.807) is 0 Å². The fourth-order valence-corrected chi connectivity index (χ4v) is 2.31. The molecule has 0 aromatic heterocycles. The zero-order valence-electron chi connectivity index (χ0n) is 11.8. The highest BCUT2D eigenvalue weighted by atomic mass is 35.5. The van der Waals surface area contributed by atoms with Crippen LogP contribution in [0.4, 0.5) is 0 Å². The van der Waals surface area contributed by atoms with Crippen LogP contribution in [0.15, 0.2) is 48.5 Å². The van der Waals surface area contributed by atoms with Gasteiger partial charge < -0.3 is 4.74 Å². The van der Waals surface area contributed by atoms with Crippen molar-refractivity contribution in [3.05, 3.63) is 64.7 Å². The molecular weight excluding hydrogens is 303 g/mol. The molecule has 0 heterocycles. The van der Waals surface area contributed by atoms with E-state index >= 15 is 0 Å². The molecule has 0 N–H and O–H groups in total. The lowest BCUT2D eigenvalue weighted by Gasteiger charge is -2.08. The first-order chi connectivity index (χ1) is 10.3. The number of para-hydroxylation sites is 1. The Morgan fingerprint density at radius 3 is 2.62 bits per heavy atom. The molecule has 0 atom stereocenters. The number of hydrogen-bond donors (Lipinski definition) is 0. The topological polar surface area (TPSA) is 9.23 Å². The zero-order chi connectivity index (χ0) is 14.9. The fraction of sp³-hybridized carbons (Fsp3) is 0.222. The minimum Gasteiger partial charge on any atom is -0.493 e. The van der Waals surface area contributed by atoms with Crippen LogP contribution in [-0.4, -0.2) is 12.5 Å². The third-order valence-corrected chi connectivity index (χ3v) is 3.51. The molecule has 3 heteroatoms. The second-order valence-electron chi connectivity index (χ2n) is 4.67. The number of ether oxygens (including phenoxy) is 1. The van der Waals surface area contributed by atoms with Gasteiger partial charge in [0.05, 0.1) is 6.61 Å². The van der Waals surface area contributed by atoms with E-state index in [2.05, 4.69) is 0 Å². The van der Waals surface area contributed by atoms with E-state index in [0.717, 1.165) is 34.7 Å². The molecule has 2 aromatic carbocycles. The molecule has 0 radical (unpaired) electrons. The van der Waals surface area contributed by atoms with Gasteiger partial charge in [-0.1, -0.05) is 54.1 Å². The predicted octanol–water partition coefficient (Wildman–Crippen LogP) is 5.91. The minimum atomic E-state index is 0.680. The van der Waals surface area contributed by atoms with Crippen molar-refractivity contribution in [2.75, 3.05) is 12.5 Å². The smallest absolute Gasteiger partial charge is 0.126 e. The molecular formula is C18H18Cl2O. The molecule has 0 aliphatic carbocycles. The summed E-state index contributed by atoms with van der Waals surface area (Å²) < 4.78 is 5.82. The summed E-state index contributed by atoms with van der Waals surface area (Å²) in [5, 5.41) is 0.739. The first-order valence-corrected chi connectivity index (χ1v) is 7.92. The van der Waals surface area contributed by atoms with Crippen molar-refractivity contribution in [3.8, 4) is 5.75 Å². The SMILES string of the molecule is ClCCCCOc1ccccc1C=Cc1cccc(Cl)c1. The molecule has 0 spiro atoms. The van der Waals surface area contributed by atoms with Gasteiger partial charge in [0.15, 0.2) is 0 Å². The number of benzene rings is 2. The van der Waals surface area contributed by atoms with Gasteiger partial charge in [-0.15, -0.1) is 11.6 Å². The van der Waals surface area contributed by atoms with Crippen molar-refractivity contribution >= 4 is 35.4 Å². The van der Waals surface area contributed by atoms with Gasteiger partial charge in [-0.05, 0) is 36.6 Å². The number of alkyl halides is 1. The lowest BCUT2D eigenvalue weighted by atomic mass is 10.1. The summed E-state index contributed by atoms with van der Waals surface area (Å²) in [6.07, 6.45) is 6.02. The predicted molar refractivity (Wildman–Crippen MR) is 92.3 cm³/mol. The maximum Gasteiger partial charge on any atom is 0.126 e. The second-order valence-corrected chi connectivity index (χ2v) is 5.49. The monoisotopic (exact) mass is 320 g/mol. The Hall–Kier alpha value is -1.44. The van der Waals surface area contributed by atoms with Gasteiger partial charge in [0.2, 0.25) is 0 Å². The third-order valence-electron chi connectivity index (χ3n) is 3.01. The third kappa shape index (κ3) is 5.45. The minimum absolute atomic E-state index is 0.680. The summed E-state index contributed by atoms with van der Waals surface area (Å²) in [5.74, 6) is 1.57. The molecule has 0 unspecified atom stereocenters. The maximum atomic E-state index is 5.99. The maximum absolute atomic E-state index is 5.99. The molecule has 0 amide bonds. The molecule has 0 saturated heterocycles. The number of unbranched alkanes of at least 4 members (excludes halogenated alkanes) is 1. The van der Waals surface area contributed by atoms with E-state index in [9.17, 15) is 0 Å². The molecule has 2 rings (SSSR count). The van der Waals surface area contributed by atoms with Crippen molar-refractivity contribution in [1.29, 1.82) is 0 Å². The van der Waals surface area contributed by atoms with Gasteiger partial charge in [-0.25, -0.2) is 0 Å². The Bertz CT molecular complexity index is 593. The van der Waals surface area contributed by atoms with Crippen LogP contribution >= 0.6 is 23.2 Å². The van der Waals surface area contributed by atoms with Crippen LogP contribution in [0.25, 0.3) is 12.2 Å². The highest BCUT2D eigenvalue weighted by Crippen LogP contribution is 2.21. The summed E-state index contributed by atoms with van der Waals surface area (Å²) >= 11 is 11.7. The summed E-state index contributed by atoms with van der Waals surface area (Å²) in [6.45, 7) is 0.689. The molecule has 0 aliphatic rings. The van der Waals surface area contributed by atoms with E-state index in [1.807, 2.05) is 60.7 Å². The summed E-state index contributed by atoms with van der Waals surface area (Å²) in [5.41, 5.74) is 2.13. The van der Waals surface area contributed by atoms with E-state index in [-0.39, 0.29) is 0 Å². The van der Waals surface area contributed by atoms with Gasteiger partial charge in [0.25, 0.3) is 0 Å². The molecule has 0 saturated carbocycles. The molecule has 21 heavy (non-hydrogen) atoms. The summed E-state index contributed by atoms with van der Waals surface area (Å²) in [7, 11) is 0. The lowest BCUT2D eigenvalue weighted by molar-refractivity contribution is 0.309. The van der Waals surface area contributed by atoms with Gasteiger partial charge in [-0.2, -0.15) is 0 Å². The molecule has 2 aromatic rings. The quantitative estimate of drug-likeness (QED) is 0.350. The van der Waals surface area contributed by atoms with E-state index in [0.29, 0.717) is 12.5 Å². The zero-order valence-corrected chi connectivity index (χ0v) is 13.3. The summed E-state index contributed by atoms with van der Waals surface area (Å²) in [6, 6.07) is 15.8. The molecule has 1 nitrogen and oxygen atoms in total. The van der Waals surface area contributed by atoms with Crippen molar-refractivity contribution in [3.63, 3.8) is 0 Å². The Balaban J connectivity index is 2.05. The number of rotatable bonds is 7. The van der Waals surface area contributed by atoms with Gasteiger partial charge in [0, 0.05) is 16.5 Å². The normalized spacial score (nSPS) is 11.0.